The summed E-state index contributed by atoms with van der Waals surface area (Å²) in [5.74, 6) is -0.533. The molecule has 0 amide bonds. The SMILES string of the molecule is COc1ccc(CC(=O)O)cc1-c1ccc(F)c2c1C(C(=O)C1CC1)NCC2. The second-order valence-electron chi connectivity index (χ2n) is 7.41. The minimum absolute atomic E-state index is 0.0415. The number of carboxylic acid groups (broad SMARTS) is 1. The number of rotatable bonds is 6. The third-order valence-electron chi connectivity index (χ3n) is 5.49. The van der Waals surface area contributed by atoms with Gasteiger partial charge in [0.1, 0.15) is 11.6 Å². The minimum Gasteiger partial charge on any atom is -0.496 e. The summed E-state index contributed by atoms with van der Waals surface area (Å²) in [7, 11) is 1.54. The maximum atomic E-state index is 14.6. The molecule has 2 aromatic rings. The maximum absolute atomic E-state index is 14.6. The zero-order valence-electron chi connectivity index (χ0n) is 15.6. The molecule has 28 heavy (non-hydrogen) atoms. The number of carbonyl (C=O) groups is 2. The zero-order valence-corrected chi connectivity index (χ0v) is 15.6. The van der Waals surface area contributed by atoms with Gasteiger partial charge in [0.15, 0.2) is 5.78 Å². The van der Waals surface area contributed by atoms with Crippen LogP contribution in [0.15, 0.2) is 30.3 Å². The van der Waals surface area contributed by atoms with Crippen molar-refractivity contribution in [3.63, 3.8) is 0 Å². The van der Waals surface area contributed by atoms with Crippen molar-refractivity contribution < 1.29 is 23.8 Å². The number of fused-ring (bicyclic) bond motifs is 1. The van der Waals surface area contributed by atoms with Crippen LogP contribution in [-0.4, -0.2) is 30.5 Å². The molecule has 146 valence electrons. The van der Waals surface area contributed by atoms with E-state index in [9.17, 15) is 14.0 Å². The van der Waals surface area contributed by atoms with Crippen LogP contribution in [0.5, 0.6) is 5.75 Å². The van der Waals surface area contributed by atoms with Crippen LogP contribution in [0, 0.1) is 11.7 Å². The number of methoxy groups -OCH3 is 1. The van der Waals surface area contributed by atoms with E-state index in [4.69, 9.17) is 9.84 Å². The van der Waals surface area contributed by atoms with Crippen LogP contribution in [-0.2, 0) is 22.4 Å². The standard InChI is InChI=1S/C22H22FNO4/c1-28-18-7-2-12(11-19(25)26)10-16(18)14-5-6-17(23)15-8-9-24-21(20(14)15)22(27)13-3-4-13/h2,5-7,10,13,21,24H,3-4,8-9,11H2,1H3,(H,25,26). The zero-order chi connectivity index (χ0) is 19.8. The molecule has 0 bridgehead atoms. The maximum Gasteiger partial charge on any atom is 0.307 e. The number of nitrogens with one attached hydrogen (secondary N) is 1. The highest BCUT2D eigenvalue weighted by Gasteiger charge is 2.39. The van der Waals surface area contributed by atoms with Gasteiger partial charge in [-0.2, -0.15) is 0 Å². The van der Waals surface area contributed by atoms with Crippen molar-refractivity contribution in [2.75, 3.05) is 13.7 Å². The monoisotopic (exact) mass is 383 g/mol. The van der Waals surface area contributed by atoms with E-state index in [2.05, 4.69) is 5.32 Å². The number of Topliss-reactive ketones (excluding diaryl/α,β-unsaturated/α-hetero) is 1. The second kappa shape index (κ2) is 7.36. The molecule has 1 atom stereocenters. The average molecular weight is 383 g/mol. The summed E-state index contributed by atoms with van der Waals surface area (Å²) in [4.78, 5) is 24.0. The first-order chi connectivity index (χ1) is 13.5. The Morgan fingerprint density at radius 2 is 2.00 bits per heavy atom. The first kappa shape index (κ1) is 18.6. The first-order valence-corrected chi connectivity index (χ1v) is 9.47. The van der Waals surface area contributed by atoms with Crippen LogP contribution in [0.25, 0.3) is 11.1 Å². The Hall–Kier alpha value is -2.73. The fraction of sp³-hybridized carbons (Fsp3) is 0.364. The molecule has 1 aliphatic heterocycles. The molecular weight excluding hydrogens is 361 g/mol. The molecule has 0 radical (unpaired) electrons. The number of ketones is 1. The summed E-state index contributed by atoms with van der Waals surface area (Å²) in [6.45, 7) is 0.548. The molecule has 4 rings (SSSR count). The third kappa shape index (κ3) is 3.40. The third-order valence-corrected chi connectivity index (χ3v) is 5.49. The predicted octanol–water partition coefficient (Wildman–Crippen LogP) is 3.29. The summed E-state index contributed by atoms with van der Waals surface area (Å²) < 4.78 is 20.1. The second-order valence-corrected chi connectivity index (χ2v) is 7.41. The van der Waals surface area contributed by atoms with Crippen molar-refractivity contribution in [1.82, 2.24) is 5.32 Å². The number of ether oxygens (including phenoxy) is 1. The number of aliphatic carboxylic acids is 1. The van der Waals surface area contributed by atoms with E-state index in [0.717, 1.165) is 12.8 Å². The summed E-state index contributed by atoms with van der Waals surface area (Å²) >= 11 is 0. The van der Waals surface area contributed by atoms with E-state index in [-0.39, 0.29) is 23.9 Å². The number of hydrogen-bond donors (Lipinski definition) is 2. The Morgan fingerprint density at radius 3 is 2.68 bits per heavy atom. The molecule has 1 saturated carbocycles. The van der Waals surface area contributed by atoms with Crippen LogP contribution in [0.2, 0.25) is 0 Å². The van der Waals surface area contributed by atoms with E-state index >= 15 is 0 Å². The van der Waals surface area contributed by atoms with Crippen LogP contribution in [0.4, 0.5) is 4.39 Å². The molecule has 1 heterocycles. The fourth-order valence-electron chi connectivity index (χ4n) is 4.00. The Balaban J connectivity index is 1.89. The number of carbonyl (C=O) groups excluding carboxylic acids is 1. The van der Waals surface area contributed by atoms with Crippen molar-refractivity contribution in [3.05, 3.63) is 52.8 Å². The first-order valence-electron chi connectivity index (χ1n) is 9.47. The summed E-state index contributed by atoms with van der Waals surface area (Å²) in [5, 5.41) is 12.4. The van der Waals surface area contributed by atoms with Gasteiger partial charge < -0.3 is 15.2 Å². The van der Waals surface area contributed by atoms with Gasteiger partial charge in [-0.3, -0.25) is 9.59 Å². The predicted molar refractivity (Wildman–Crippen MR) is 102 cm³/mol. The van der Waals surface area contributed by atoms with Gasteiger partial charge in [-0.05, 0) is 59.7 Å². The van der Waals surface area contributed by atoms with Gasteiger partial charge in [-0.1, -0.05) is 12.1 Å². The van der Waals surface area contributed by atoms with Gasteiger partial charge in [-0.25, -0.2) is 4.39 Å². The van der Waals surface area contributed by atoms with Gasteiger partial charge in [0.25, 0.3) is 0 Å². The van der Waals surface area contributed by atoms with E-state index in [1.807, 2.05) is 0 Å². The lowest BCUT2D eigenvalue weighted by Crippen LogP contribution is -2.37. The lowest BCUT2D eigenvalue weighted by Gasteiger charge is -2.29. The number of hydrogen-bond acceptors (Lipinski definition) is 4. The quantitative estimate of drug-likeness (QED) is 0.801. The Kier molecular flexibility index (Phi) is 4.89. The van der Waals surface area contributed by atoms with Crippen molar-refractivity contribution in [1.29, 1.82) is 0 Å². The lowest BCUT2D eigenvalue weighted by molar-refractivity contribution is -0.136. The van der Waals surface area contributed by atoms with Crippen LogP contribution >= 0.6 is 0 Å². The van der Waals surface area contributed by atoms with Gasteiger partial charge in [-0.15, -0.1) is 0 Å². The Bertz CT molecular complexity index is 952. The number of benzene rings is 2. The van der Waals surface area contributed by atoms with Gasteiger partial charge in [0.2, 0.25) is 0 Å². The molecule has 0 spiro atoms. The molecule has 2 N–H and O–H groups in total. The average Bonchev–Trinajstić information content (AvgIpc) is 3.52. The van der Waals surface area contributed by atoms with Crippen molar-refractivity contribution >= 4 is 11.8 Å². The molecule has 2 aliphatic rings. The highest BCUT2D eigenvalue weighted by Crippen LogP contribution is 2.43. The Morgan fingerprint density at radius 1 is 1.21 bits per heavy atom. The summed E-state index contributed by atoms with van der Waals surface area (Å²) in [6, 6.07) is 7.72. The molecule has 2 aromatic carbocycles. The molecule has 0 saturated heterocycles. The number of carboxylic acids is 1. The van der Waals surface area contributed by atoms with Crippen LogP contribution < -0.4 is 10.1 Å². The highest BCUT2D eigenvalue weighted by molar-refractivity contribution is 5.92. The smallest absolute Gasteiger partial charge is 0.307 e. The lowest BCUT2D eigenvalue weighted by atomic mass is 9.83. The van der Waals surface area contributed by atoms with E-state index in [1.54, 1.807) is 24.3 Å². The fourth-order valence-corrected chi connectivity index (χ4v) is 4.00. The van der Waals surface area contributed by atoms with Gasteiger partial charge in [0, 0.05) is 18.0 Å². The normalized spacial score (nSPS) is 18.4. The Labute approximate surface area is 162 Å². The molecule has 1 aliphatic carbocycles. The molecule has 6 heteroatoms. The van der Waals surface area contributed by atoms with E-state index < -0.39 is 12.0 Å². The molecule has 5 nitrogen and oxygen atoms in total. The van der Waals surface area contributed by atoms with E-state index in [1.165, 1.54) is 13.2 Å². The van der Waals surface area contributed by atoms with Crippen molar-refractivity contribution in [3.8, 4) is 16.9 Å². The van der Waals surface area contributed by atoms with Gasteiger partial charge >= 0.3 is 5.97 Å². The van der Waals surface area contributed by atoms with Crippen molar-refractivity contribution in [2.45, 2.75) is 31.7 Å². The topological polar surface area (TPSA) is 75.6 Å². The summed E-state index contributed by atoms with van der Waals surface area (Å²) in [6.07, 6.45) is 2.15. The van der Waals surface area contributed by atoms with Gasteiger partial charge in [0.05, 0.1) is 19.6 Å². The molecule has 0 aromatic heterocycles. The highest BCUT2D eigenvalue weighted by atomic mass is 19.1. The number of halogens is 1. The molecule has 1 unspecified atom stereocenters. The van der Waals surface area contributed by atoms with Crippen molar-refractivity contribution in [2.24, 2.45) is 5.92 Å². The summed E-state index contributed by atoms with van der Waals surface area (Å²) in [5.41, 5.74) is 3.23. The minimum atomic E-state index is -0.930. The molecule has 1 fully saturated rings. The molecular formula is C22H22FNO4. The van der Waals surface area contributed by atoms with Crippen LogP contribution in [0.3, 0.4) is 0 Å². The van der Waals surface area contributed by atoms with Crippen LogP contribution in [0.1, 0.15) is 35.6 Å². The van der Waals surface area contributed by atoms with E-state index in [0.29, 0.717) is 46.5 Å². The largest absolute Gasteiger partial charge is 0.496 e.